The Morgan fingerprint density at radius 1 is 1.40 bits per heavy atom. The van der Waals surface area contributed by atoms with Crippen LogP contribution in [0.5, 0.6) is 0 Å². The summed E-state index contributed by atoms with van der Waals surface area (Å²) < 4.78 is 3.07. The van der Waals surface area contributed by atoms with Gasteiger partial charge in [0.25, 0.3) is 0 Å². The first kappa shape index (κ1) is 10.9. The highest BCUT2D eigenvalue weighted by Gasteiger charge is 2.06. The van der Waals surface area contributed by atoms with Crippen molar-refractivity contribution in [3.05, 3.63) is 30.0 Å². The maximum absolute atomic E-state index is 4.51. The smallest absolute Gasteiger partial charge is 0.0841 e. The lowest BCUT2D eigenvalue weighted by Crippen LogP contribution is -2.16. The average molecular weight is 315 g/mol. The molecule has 0 amide bonds. The first-order chi connectivity index (χ1) is 7.33. The maximum Gasteiger partial charge on any atom is 0.0841 e. The van der Waals surface area contributed by atoms with Gasteiger partial charge in [0.1, 0.15) is 0 Å². The van der Waals surface area contributed by atoms with Gasteiger partial charge in [-0.25, -0.2) is 0 Å². The summed E-state index contributed by atoms with van der Waals surface area (Å²) in [6.45, 7) is 1.88. The van der Waals surface area contributed by atoms with Gasteiger partial charge in [-0.2, -0.15) is 5.10 Å². The van der Waals surface area contributed by atoms with E-state index in [2.05, 4.69) is 51.2 Å². The van der Waals surface area contributed by atoms with E-state index in [1.54, 1.807) is 0 Å². The van der Waals surface area contributed by atoms with E-state index < -0.39 is 0 Å². The number of nitrogens with zero attached hydrogens (tertiary/aromatic N) is 2. The first-order valence-corrected chi connectivity index (χ1v) is 6.53. The molecule has 2 aromatic rings. The third kappa shape index (κ3) is 2.31. The van der Waals surface area contributed by atoms with Crippen LogP contribution < -0.4 is 5.32 Å². The van der Waals surface area contributed by atoms with Crippen LogP contribution >= 0.6 is 22.6 Å². The van der Waals surface area contributed by atoms with Crippen LogP contribution in [0.15, 0.2) is 24.3 Å². The molecule has 0 spiro atoms. The molecule has 1 aromatic carbocycles. The van der Waals surface area contributed by atoms with Crippen molar-refractivity contribution in [1.29, 1.82) is 0 Å². The highest BCUT2D eigenvalue weighted by atomic mass is 127. The van der Waals surface area contributed by atoms with Crippen LogP contribution in [0, 0.1) is 0 Å². The van der Waals surface area contributed by atoms with Crippen molar-refractivity contribution in [2.45, 2.75) is 6.54 Å². The molecule has 0 aliphatic rings. The Hall–Kier alpha value is -0.620. The molecule has 1 N–H and O–H groups in total. The Balaban J connectivity index is 2.27. The molecule has 0 radical (unpaired) electrons. The lowest BCUT2D eigenvalue weighted by atomic mass is 10.2. The molecule has 4 heteroatoms. The van der Waals surface area contributed by atoms with Crippen molar-refractivity contribution >= 4 is 33.5 Å². The SMILES string of the molecule is Cn1nc(CNCCI)c2ccccc21. The van der Waals surface area contributed by atoms with Gasteiger partial charge in [-0.3, -0.25) is 4.68 Å². The van der Waals surface area contributed by atoms with Crippen molar-refractivity contribution in [2.75, 3.05) is 11.0 Å². The Labute approximate surface area is 103 Å². The minimum absolute atomic E-state index is 0.852. The fourth-order valence-electron chi connectivity index (χ4n) is 1.69. The first-order valence-electron chi connectivity index (χ1n) is 5.00. The van der Waals surface area contributed by atoms with Gasteiger partial charge in [-0.15, -0.1) is 0 Å². The predicted molar refractivity (Wildman–Crippen MR) is 71.3 cm³/mol. The van der Waals surface area contributed by atoms with Crippen molar-refractivity contribution in [2.24, 2.45) is 7.05 Å². The second-order valence-electron chi connectivity index (χ2n) is 3.45. The molecule has 1 heterocycles. The molecule has 0 fully saturated rings. The predicted octanol–water partition coefficient (Wildman–Crippen LogP) is 2.10. The summed E-state index contributed by atoms with van der Waals surface area (Å²) in [6, 6.07) is 8.34. The molecule has 0 saturated heterocycles. The summed E-state index contributed by atoms with van der Waals surface area (Å²) in [6.07, 6.45) is 0. The van der Waals surface area contributed by atoms with Gasteiger partial charge in [0.15, 0.2) is 0 Å². The molecule has 0 bridgehead atoms. The quantitative estimate of drug-likeness (QED) is 0.532. The molecule has 15 heavy (non-hydrogen) atoms. The average Bonchev–Trinajstić information content (AvgIpc) is 2.58. The number of aromatic nitrogens is 2. The normalized spacial score (nSPS) is 11.1. The molecule has 2 rings (SSSR count). The highest BCUT2D eigenvalue weighted by molar-refractivity contribution is 14.1. The van der Waals surface area contributed by atoms with Crippen molar-refractivity contribution in [3.8, 4) is 0 Å². The van der Waals surface area contributed by atoms with Crippen LogP contribution in [-0.4, -0.2) is 20.8 Å². The molecule has 0 aliphatic heterocycles. The van der Waals surface area contributed by atoms with Crippen LogP contribution in [0.1, 0.15) is 5.69 Å². The number of benzene rings is 1. The number of rotatable bonds is 4. The summed E-state index contributed by atoms with van der Waals surface area (Å²) in [4.78, 5) is 0. The number of fused-ring (bicyclic) bond motifs is 1. The zero-order chi connectivity index (χ0) is 10.7. The molecule has 1 aromatic heterocycles. The third-order valence-electron chi connectivity index (χ3n) is 2.40. The summed E-state index contributed by atoms with van der Waals surface area (Å²) >= 11 is 2.37. The fraction of sp³-hybridized carbons (Fsp3) is 0.364. The van der Waals surface area contributed by atoms with E-state index in [0.717, 1.165) is 23.2 Å². The van der Waals surface area contributed by atoms with Crippen LogP contribution in [0.3, 0.4) is 0 Å². The van der Waals surface area contributed by atoms with Gasteiger partial charge in [-0.1, -0.05) is 40.8 Å². The Morgan fingerprint density at radius 3 is 3.00 bits per heavy atom. The van der Waals surface area contributed by atoms with Gasteiger partial charge in [0.2, 0.25) is 0 Å². The molecular weight excluding hydrogens is 301 g/mol. The Morgan fingerprint density at radius 2 is 2.20 bits per heavy atom. The number of hydrogen-bond donors (Lipinski definition) is 1. The van der Waals surface area contributed by atoms with E-state index in [1.807, 2.05) is 17.8 Å². The van der Waals surface area contributed by atoms with E-state index >= 15 is 0 Å². The van der Waals surface area contributed by atoms with Crippen LogP contribution in [0.25, 0.3) is 10.9 Å². The van der Waals surface area contributed by atoms with Crippen molar-refractivity contribution in [1.82, 2.24) is 15.1 Å². The summed E-state index contributed by atoms with van der Waals surface area (Å²) in [7, 11) is 1.99. The number of aryl methyl sites for hydroxylation is 1. The number of alkyl halides is 1. The second kappa shape index (κ2) is 4.94. The van der Waals surface area contributed by atoms with Crippen molar-refractivity contribution in [3.63, 3.8) is 0 Å². The minimum Gasteiger partial charge on any atom is -0.310 e. The number of hydrogen-bond acceptors (Lipinski definition) is 2. The zero-order valence-electron chi connectivity index (χ0n) is 8.70. The van der Waals surface area contributed by atoms with E-state index in [0.29, 0.717) is 0 Å². The standard InChI is InChI=1S/C11H14IN3/c1-15-11-5-3-2-4-9(11)10(14-15)8-13-7-6-12/h2-5,13H,6-8H2,1H3. The topological polar surface area (TPSA) is 29.9 Å². The van der Waals surface area contributed by atoms with Gasteiger partial charge in [-0.05, 0) is 6.07 Å². The number of nitrogens with one attached hydrogen (secondary N) is 1. The molecule has 0 aliphatic carbocycles. The fourth-order valence-corrected chi connectivity index (χ4v) is 2.07. The number of para-hydroxylation sites is 1. The summed E-state index contributed by atoms with van der Waals surface area (Å²) in [5, 5.41) is 9.14. The number of halogens is 1. The molecule has 0 saturated carbocycles. The van der Waals surface area contributed by atoms with Crippen LogP contribution in [-0.2, 0) is 13.6 Å². The zero-order valence-corrected chi connectivity index (χ0v) is 10.9. The molecule has 80 valence electrons. The summed E-state index contributed by atoms with van der Waals surface area (Å²) in [5.74, 6) is 0. The Bertz CT molecular complexity index is 450. The van der Waals surface area contributed by atoms with Gasteiger partial charge >= 0.3 is 0 Å². The molecule has 0 atom stereocenters. The monoisotopic (exact) mass is 315 g/mol. The second-order valence-corrected chi connectivity index (χ2v) is 4.53. The molecule has 3 nitrogen and oxygen atoms in total. The Kier molecular flexibility index (Phi) is 3.58. The lowest BCUT2D eigenvalue weighted by Gasteiger charge is -1.98. The lowest BCUT2D eigenvalue weighted by molar-refractivity contribution is 0.690. The van der Waals surface area contributed by atoms with E-state index in [4.69, 9.17) is 0 Å². The highest BCUT2D eigenvalue weighted by Crippen LogP contribution is 2.16. The summed E-state index contributed by atoms with van der Waals surface area (Å²) in [5.41, 5.74) is 2.33. The van der Waals surface area contributed by atoms with Gasteiger partial charge in [0.05, 0.1) is 11.2 Å². The molecular formula is C11H14IN3. The van der Waals surface area contributed by atoms with E-state index in [9.17, 15) is 0 Å². The van der Waals surface area contributed by atoms with Crippen molar-refractivity contribution < 1.29 is 0 Å². The van der Waals surface area contributed by atoms with E-state index in [-0.39, 0.29) is 0 Å². The maximum atomic E-state index is 4.51. The largest absolute Gasteiger partial charge is 0.310 e. The van der Waals surface area contributed by atoms with Crippen LogP contribution in [0.4, 0.5) is 0 Å². The minimum atomic E-state index is 0.852. The van der Waals surface area contributed by atoms with Crippen LogP contribution in [0.2, 0.25) is 0 Å². The van der Waals surface area contributed by atoms with Gasteiger partial charge in [0, 0.05) is 30.0 Å². The van der Waals surface area contributed by atoms with E-state index in [1.165, 1.54) is 10.9 Å². The third-order valence-corrected chi connectivity index (χ3v) is 2.94. The van der Waals surface area contributed by atoms with Gasteiger partial charge < -0.3 is 5.32 Å². The molecule has 0 unspecified atom stereocenters.